The number of aromatic nitrogens is 3. The van der Waals surface area contributed by atoms with Crippen molar-refractivity contribution in [2.24, 2.45) is 5.92 Å². The summed E-state index contributed by atoms with van der Waals surface area (Å²) in [6.07, 6.45) is 4.36. The molecule has 1 amide bonds. The molecule has 6 heteroatoms. The molecule has 128 valence electrons. The van der Waals surface area contributed by atoms with Gasteiger partial charge in [-0.2, -0.15) is 4.68 Å². The number of hydrogen-bond donors (Lipinski definition) is 0. The molecular weight excluding hydrogens is 304 g/mol. The van der Waals surface area contributed by atoms with Crippen molar-refractivity contribution >= 4 is 16.8 Å². The van der Waals surface area contributed by atoms with Crippen molar-refractivity contribution < 1.29 is 4.79 Å². The van der Waals surface area contributed by atoms with Gasteiger partial charge in [-0.05, 0) is 30.9 Å². The Morgan fingerprint density at radius 2 is 1.75 bits per heavy atom. The van der Waals surface area contributed by atoms with E-state index in [2.05, 4.69) is 10.3 Å². The maximum atomic E-state index is 13.1. The van der Waals surface area contributed by atoms with Crippen molar-refractivity contribution in [1.82, 2.24) is 19.9 Å². The van der Waals surface area contributed by atoms with Gasteiger partial charge in [0, 0.05) is 13.1 Å². The van der Waals surface area contributed by atoms with Gasteiger partial charge in [-0.15, -0.1) is 5.10 Å². The average Bonchev–Trinajstić information content (AvgIpc) is 2.86. The first-order valence-corrected chi connectivity index (χ1v) is 8.72. The second-order valence-electron chi connectivity index (χ2n) is 6.78. The highest BCUT2D eigenvalue weighted by Gasteiger charge is 2.31. The molecule has 3 rings (SSSR count). The smallest absolute Gasteiger partial charge is 0.278 e. The van der Waals surface area contributed by atoms with E-state index in [9.17, 15) is 9.59 Å². The van der Waals surface area contributed by atoms with Crippen molar-refractivity contribution in [3.05, 3.63) is 34.6 Å². The third-order valence-electron chi connectivity index (χ3n) is 4.66. The number of carbonyl (C=O) groups excluding carboxylic acids is 1. The van der Waals surface area contributed by atoms with Gasteiger partial charge in [0.1, 0.15) is 11.6 Å². The Morgan fingerprint density at radius 1 is 1.08 bits per heavy atom. The number of carbonyl (C=O) groups is 1. The molecule has 0 unspecified atom stereocenters. The maximum absolute atomic E-state index is 13.1. The van der Waals surface area contributed by atoms with Gasteiger partial charge >= 0.3 is 0 Å². The monoisotopic (exact) mass is 328 g/mol. The molecular formula is C18H24N4O2. The average molecular weight is 328 g/mol. The van der Waals surface area contributed by atoms with Crippen LogP contribution in [0.4, 0.5) is 0 Å². The Bertz CT molecular complexity index is 776. The number of nitrogens with zero attached hydrogens (tertiary/aromatic N) is 4. The van der Waals surface area contributed by atoms with Gasteiger partial charge in [-0.25, -0.2) is 0 Å². The third-order valence-corrected chi connectivity index (χ3v) is 4.66. The van der Waals surface area contributed by atoms with E-state index in [1.807, 2.05) is 24.8 Å². The fraction of sp³-hybridized carbons (Fsp3) is 0.556. The molecule has 1 atom stereocenters. The highest BCUT2D eigenvalue weighted by molar-refractivity contribution is 5.81. The Labute approximate surface area is 141 Å². The van der Waals surface area contributed by atoms with Crippen molar-refractivity contribution in [3.8, 4) is 0 Å². The number of amides is 1. The van der Waals surface area contributed by atoms with Gasteiger partial charge in [-0.1, -0.05) is 44.0 Å². The van der Waals surface area contributed by atoms with E-state index >= 15 is 0 Å². The quantitative estimate of drug-likeness (QED) is 0.867. The van der Waals surface area contributed by atoms with Crippen molar-refractivity contribution in [3.63, 3.8) is 0 Å². The first-order valence-electron chi connectivity index (χ1n) is 8.72. The van der Waals surface area contributed by atoms with Gasteiger partial charge in [0.15, 0.2) is 0 Å². The van der Waals surface area contributed by atoms with E-state index in [1.165, 1.54) is 4.68 Å². The molecule has 0 spiro atoms. The van der Waals surface area contributed by atoms with Crippen LogP contribution in [0.15, 0.2) is 29.1 Å². The van der Waals surface area contributed by atoms with E-state index in [-0.39, 0.29) is 17.4 Å². The molecule has 2 aromatic rings. The summed E-state index contributed by atoms with van der Waals surface area (Å²) in [7, 11) is 0. The minimum Gasteiger partial charge on any atom is -0.341 e. The minimum absolute atomic E-state index is 0.0152. The minimum atomic E-state index is -0.604. The van der Waals surface area contributed by atoms with Crippen LogP contribution in [0, 0.1) is 5.92 Å². The second-order valence-corrected chi connectivity index (χ2v) is 6.78. The highest BCUT2D eigenvalue weighted by Crippen LogP contribution is 2.21. The summed E-state index contributed by atoms with van der Waals surface area (Å²) >= 11 is 0. The van der Waals surface area contributed by atoms with Crippen LogP contribution in [-0.4, -0.2) is 38.9 Å². The van der Waals surface area contributed by atoms with Crippen LogP contribution >= 0.6 is 0 Å². The molecule has 1 aliphatic heterocycles. The van der Waals surface area contributed by atoms with Crippen LogP contribution in [0.25, 0.3) is 10.9 Å². The van der Waals surface area contributed by atoms with Crippen LogP contribution in [0.2, 0.25) is 0 Å². The van der Waals surface area contributed by atoms with E-state index < -0.39 is 6.04 Å². The van der Waals surface area contributed by atoms with Crippen LogP contribution in [-0.2, 0) is 4.79 Å². The first-order chi connectivity index (χ1) is 11.6. The second kappa shape index (κ2) is 7.11. The largest absolute Gasteiger partial charge is 0.341 e. The molecule has 2 heterocycles. The Kier molecular flexibility index (Phi) is 4.92. The lowest BCUT2D eigenvalue weighted by Gasteiger charge is -2.28. The molecule has 0 radical (unpaired) electrons. The fourth-order valence-corrected chi connectivity index (χ4v) is 3.33. The number of benzene rings is 1. The molecule has 0 aliphatic carbocycles. The summed E-state index contributed by atoms with van der Waals surface area (Å²) in [6, 6.07) is 6.51. The predicted octanol–water partition coefficient (Wildman–Crippen LogP) is 2.39. The predicted molar refractivity (Wildman–Crippen MR) is 92.7 cm³/mol. The van der Waals surface area contributed by atoms with Crippen LogP contribution in [0.1, 0.15) is 45.6 Å². The molecule has 0 bridgehead atoms. The topological polar surface area (TPSA) is 68.1 Å². The first kappa shape index (κ1) is 16.6. The van der Waals surface area contributed by atoms with Gasteiger partial charge < -0.3 is 4.90 Å². The lowest BCUT2D eigenvalue weighted by molar-refractivity contribution is -0.136. The van der Waals surface area contributed by atoms with Gasteiger partial charge in [-0.3, -0.25) is 9.59 Å². The lowest BCUT2D eigenvalue weighted by Crippen LogP contribution is -2.44. The normalized spacial score (nSPS) is 17.0. The van der Waals surface area contributed by atoms with E-state index in [1.54, 1.807) is 18.2 Å². The van der Waals surface area contributed by atoms with Gasteiger partial charge in [0.05, 0.1) is 5.39 Å². The molecule has 6 nitrogen and oxygen atoms in total. The van der Waals surface area contributed by atoms with Gasteiger partial charge in [0.25, 0.3) is 5.56 Å². The summed E-state index contributed by atoms with van der Waals surface area (Å²) in [6.45, 7) is 5.42. The molecule has 1 fully saturated rings. The molecule has 1 aromatic heterocycles. The summed E-state index contributed by atoms with van der Waals surface area (Å²) in [5.41, 5.74) is 0.311. The zero-order valence-corrected chi connectivity index (χ0v) is 14.3. The summed E-state index contributed by atoms with van der Waals surface area (Å²) < 4.78 is 1.28. The molecule has 1 aromatic carbocycles. The molecule has 0 saturated carbocycles. The number of fused-ring (bicyclic) bond motifs is 1. The lowest BCUT2D eigenvalue weighted by atomic mass is 10.0. The summed E-state index contributed by atoms with van der Waals surface area (Å²) in [4.78, 5) is 27.8. The molecule has 1 aliphatic rings. The van der Waals surface area contributed by atoms with Crippen molar-refractivity contribution in [2.75, 3.05) is 13.1 Å². The van der Waals surface area contributed by atoms with E-state index in [0.29, 0.717) is 10.9 Å². The standard InChI is InChI=1S/C18H24N4O2/c1-13(2)16(18(24)21-11-7-3-4-8-12-21)22-17(23)14-9-5-6-10-15(14)19-20-22/h5-6,9-10,13,16H,3-4,7-8,11-12H2,1-2H3/t16-/m0/s1. The summed E-state index contributed by atoms with van der Waals surface area (Å²) in [5, 5.41) is 8.71. The Hall–Kier alpha value is -2.24. The SMILES string of the molecule is CC(C)[C@@H](C(=O)N1CCCCCC1)n1nnc2ccccc2c1=O. The van der Waals surface area contributed by atoms with E-state index in [4.69, 9.17) is 0 Å². The van der Waals surface area contributed by atoms with Crippen molar-refractivity contribution in [2.45, 2.75) is 45.6 Å². The third kappa shape index (κ3) is 3.18. The zero-order valence-electron chi connectivity index (χ0n) is 14.3. The van der Waals surface area contributed by atoms with Crippen LogP contribution in [0.5, 0.6) is 0 Å². The Morgan fingerprint density at radius 3 is 2.42 bits per heavy atom. The van der Waals surface area contributed by atoms with Crippen molar-refractivity contribution in [1.29, 1.82) is 0 Å². The molecule has 0 N–H and O–H groups in total. The fourth-order valence-electron chi connectivity index (χ4n) is 3.33. The van der Waals surface area contributed by atoms with Gasteiger partial charge in [0.2, 0.25) is 5.91 Å². The van der Waals surface area contributed by atoms with Crippen LogP contribution < -0.4 is 5.56 Å². The number of hydrogen-bond acceptors (Lipinski definition) is 4. The maximum Gasteiger partial charge on any atom is 0.278 e. The Balaban J connectivity index is 2.00. The number of likely N-dealkylation sites (tertiary alicyclic amines) is 1. The molecule has 1 saturated heterocycles. The zero-order chi connectivity index (χ0) is 17.1. The highest BCUT2D eigenvalue weighted by atomic mass is 16.2. The van der Waals surface area contributed by atoms with Crippen LogP contribution in [0.3, 0.4) is 0 Å². The molecule has 24 heavy (non-hydrogen) atoms. The summed E-state index contributed by atoms with van der Waals surface area (Å²) in [5.74, 6) is -0.0486. The number of rotatable bonds is 3. The van der Waals surface area contributed by atoms with E-state index in [0.717, 1.165) is 38.8 Å².